The summed E-state index contributed by atoms with van der Waals surface area (Å²) in [6, 6.07) is 17.4. The Balaban J connectivity index is 1.76. The van der Waals surface area contributed by atoms with Crippen molar-refractivity contribution in [1.29, 1.82) is 0 Å². The van der Waals surface area contributed by atoms with Crippen molar-refractivity contribution in [2.75, 3.05) is 6.61 Å². The van der Waals surface area contributed by atoms with E-state index < -0.39 is 0 Å². The summed E-state index contributed by atoms with van der Waals surface area (Å²) in [4.78, 5) is 0. The molecule has 0 amide bonds. The number of aryl methyl sites for hydroxylation is 2. The van der Waals surface area contributed by atoms with Crippen LogP contribution in [-0.2, 0) is 24.2 Å². The van der Waals surface area contributed by atoms with Crippen molar-refractivity contribution >= 4 is 0 Å². The van der Waals surface area contributed by atoms with E-state index >= 15 is 0 Å². The van der Waals surface area contributed by atoms with Crippen LogP contribution in [0.3, 0.4) is 0 Å². The molecular weight excluding hydrogens is 280 g/mol. The van der Waals surface area contributed by atoms with Gasteiger partial charge in [-0.05, 0) is 42.9 Å². The minimum atomic E-state index is 0.705. The molecule has 0 aliphatic carbocycles. The molecule has 0 unspecified atom stereocenters. The van der Waals surface area contributed by atoms with E-state index in [-0.39, 0.29) is 0 Å². The van der Waals surface area contributed by atoms with Gasteiger partial charge in [0, 0.05) is 0 Å². The highest BCUT2D eigenvalue weighted by Gasteiger charge is 2.01. The molecule has 23 heavy (non-hydrogen) atoms. The Bertz CT molecular complexity index is 559. The molecule has 2 aromatic rings. The molecule has 124 valence electrons. The molecule has 1 nitrogen and oxygen atoms in total. The average molecular weight is 310 g/mol. The summed E-state index contributed by atoms with van der Waals surface area (Å²) in [6.07, 6.45) is 7.51. The van der Waals surface area contributed by atoms with E-state index in [9.17, 15) is 0 Å². The fourth-order valence-electron chi connectivity index (χ4n) is 2.95. The topological polar surface area (TPSA) is 9.23 Å². The average Bonchev–Trinajstić information content (AvgIpc) is 2.56. The number of hydrogen-bond donors (Lipinski definition) is 0. The number of hydrogen-bond acceptors (Lipinski definition) is 1. The normalized spacial score (nSPS) is 10.9. The zero-order chi connectivity index (χ0) is 16.3. The second-order valence-corrected chi connectivity index (χ2v) is 6.43. The van der Waals surface area contributed by atoms with Crippen molar-refractivity contribution in [2.45, 2.75) is 59.0 Å². The quantitative estimate of drug-likeness (QED) is 0.498. The minimum Gasteiger partial charge on any atom is -0.376 e. The van der Waals surface area contributed by atoms with E-state index in [1.807, 2.05) is 6.07 Å². The maximum atomic E-state index is 5.82. The van der Waals surface area contributed by atoms with Crippen molar-refractivity contribution in [3.8, 4) is 0 Å². The van der Waals surface area contributed by atoms with Crippen molar-refractivity contribution in [1.82, 2.24) is 0 Å². The zero-order valence-electron chi connectivity index (χ0n) is 14.7. The molecule has 0 aliphatic heterocycles. The Hall–Kier alpha value is -1.60. The SMILES string of the molecule is CCCCCCc1cc(C)cc(CCOCc2ccccc2)c1. The fraction of sp³-hybridized carbons (Fsp3) is 0.455. The lowest BCUT2D eigenvalue weighted by molar-refractivity contribution is 0.124. The van der Waals surface area contributed by atoms with Gasteiger partial charge in [-0.25, -0.2) is 0 Å². The Morgan fingerprint density at radius 2 is 1.52 bits per heavy atom. The first kappa shape index (κ1) is 17.7. The van der Waals surface area contributed by atoms with E-state index in [1.54, 1.807) is 0 Å². The van der Waals surface area contributed by atoms with Crippen LogP contribution in [0.1, 0.15) is 54.9 Å². The van der Waals surface area contributed by atoms with E-state index in [2.05, 4.69) is 56.3 Å². The summed E-state index contributed by atoms with van der Waals surface area (Å²) < 4.78 is 5.82. The predicted octanol–water partition coefficient (Wildman–Crippen LogP) is 5.88. The summed E-state index contributed by atoms with van der Waals surface area (Å²) in [5.74, 6) is 0. The molecule has 0 saturated carbocycles. The van der Waals surface area contributed by atoms with Gasteiger partial charge < -0.3 is 4.74 Å². The van der Waals surface area contributed by atoms with Crippen LogP contribution in [0, 0.1) is 6.92 Å². The van der Waals surface area contributed by atoms with E-state index in [0.29, 0.717) is 6.61 Å². The highest BCUT2D eigenvalue weighted by atomic mass is 16.5. The molecule has 0 heterocycles. The number of benzene rings is 2. The maximum absolute atomic E-state index is 5.82. The number of unbranched alkanes of at least 4 members (excludes halogenated alkanes) is 3. The van der Waals surface area contributed by atoms with Gasteiger partial charge in [-0.2, -0.15) is 0 Å². The van der Waals surface area contributed by atoms with Gasteiger partial charge in [0.25, 0.3) is 0 Å². The molecule has 0 aromatic heterocycles. The fourth-order valence-corrected chi connectivity index (χ4v) is 2.95. The molecular formula is C22H30O. The van der Waals surface area contributed by atoms with Crippen LogP contribution >= 0.6 is 0 Å². The summed E-state index contributed by atoms with van der Waals surface area (Å²) in [7, 11) is 0. The molecule has 0 saturated heterocycles. The molecule has 0 atom stereocenters. The first-order valence-corrected chi connectivity index (χ1v) is 8.99. The summed E-state index contributed by atoms with van der Waals surface area (Å²) in [5, 5.41) is 0. The standard InChI is InChI=1S/C22H30O/c1-3-4-5-7-12-21-15-19(2)16-22(17-21)13-14-23-18-20-10-8-6-9-11-20/h6,8-11,15-17H,3-5,7,12-14,18H2,1-2H3. The van der Waals surface area contributed by atoms with E-state index in [0.717, 1.165) is 13.0 Å². The molecule has 0 bridgehead atoms. The Morgan fingerprint density at radius 1 is 0.783 bits per heavy atom. The van der Waals surface area contributed by atoms with Gasteiger partial charge in [0.05, 0.1) is 13.2 Å². The molecule has 0 fully saturated rings. The van der Waals surface area contributed by atoms with Crippen LogP contribution in [0.25, 0.3) is 0 Å². The third-order valence-electron chi connectivity index (χ3n) is 4.16. The molecule has 0 radical (unpaired) electrons. The molecule has 0 spiro atoms. The van der Waals surface area contributed by atoms with Gasteiger partial charge in [0.2, 0.25) is 0 Å². The van der Waals surface area contributed by atoms with Crippen LogP contribution < -0.4 is 0 Å². The molecule has 1 heteroatoms. The largest absolute Gasteiger partial charge is 0.376 e. The van der Waals surface area contributed by atoms with Crippen LogP contribution in [0.2, 0.25) is 0 Å². The molecule has 2 rings (SSSR count). The second kappa shape index (κ2) is 10.2. The van der Waals surface area contributed by atoms with Crippen LogP contribution in [0.4, 0.5) is 0 Å². The Morgan fingerprint density at radius 3 is 2.26 bits per heavy atom. The Labute approximate surface area is 141 Å². The second-order valence-electron chi connectivity index (χ2n) is 6.43. The van der Waals surface area contributed by atoms with Gasteiger partial charge >= 0.3 is 0 Å². The van der Waals surface area contributed by atoms with Crippen LogP contribution in [0.5, 0.6) is 0 Å². The van der Waals surface area contributed by atoms with Gasteiger partial charge in [-0.1, -0.05) is 80.3 Å². The van der Waals surface area contributed by atoms with E-state index in [4.69, 9.17) is 4.74 Å². The molecule has 0 aliphatic rings. The first-order chi connectivity index (χ1) is 11.3. The van der Waals surface area contributed by atoms with Gasteiger partial charge in [0.1, 0.15) is 0 Å². The van der Waals surface area contributed by atoms with Gasteiger partial charge in [-0.15, -0.1) is 0 Å². The first-order valence-electron chi connectivity index (χ1n) is 8.99. The third-order valence-corrected chi connectivity index (χ3v) is 4.16. The number of ether oxygens (including phenoxy) is 1. The lowest BCUT2D eigenvalue weighted by Gasteiger charge is -2.09. The predicted molar refractivity (Wildman–Crippen MR) is 98.8 cm³/mol. The maximum Gasteiger partial charge on any atom is 0.0717 e. The molecule has 2 aromatic carbocycles. The van der Waals surface area contributed by atoms with Crippen molar-refractivity contribution < 1.29 is 4.74 Å². The molecule has 0 N–H and O–H groups in total. The van der Waals surface area contributed by atoms with Crippen molar-refractivity contribution in [3.05, 3.63) is 70.8 Å². The van der Waals surface area contributed by atoms with Crippen LogP contribution in [-0.4, -0.2) is 6.61 Å². The monoisotopic (exact) mass is 310 g/mol. The lowest BCUT2D eigenvalue weighted by atomic mass is 10.00. The third kappa shape index (κ3) is 7.00. The smallest absolute Gasteiger partial charge is 0.0717 e. The highest BCUT2D eigenvalue weighted by molar-refractivity contribution is 5.29. The summed E-state index contributed by atoms with van der Waals surface area (Å²) in [5.41, 5.74) is 5.51. The summed E-state index contributed by atoms with van der Waals surface area (Å²) >= 11 is 0. The number of rotatable bonds is 10. The minimum absolute atomic E-state index is 0.705. The Kier molecular flexibility index (Phi) is 7.89. The van der Waals surface area contributed by atoms with E-state index in [1.165, 1.54) is 54.4 Å². The van der Waals surface area contributed by atoms with Crippen molar-refractivity contribution in [2.24, 2.45) is 0 Å². The van der Waals surface area contributed by atoms with Crippen LogP contribution in [0.15, 0.2) is 48.5 Å². The zero-order valence-corrected chi connectivity index (χ0v) is 14.7. The highest BCUT2D eigenvalue weighted by Crippen LogP contribution is 2.14. The van der Waals surface area contributed by atoms with Crippen molar-refractivity contribution in [3.63, 3.8) is 0 Å². The van der Waals surface area contributed by atoms with Gasteiger partial charge in [-0.3, -0.25) is 0 Å². The lowest BCUT2D eigenvalue weighted by Crippen LogP contribution is -2.00. The van der Waals surface area contributed by atoms with Gasteiger partial charge in [0.15, 0.2) is 0 Å². The summed E-state index contributed by atoms with van der Waals surface area (Å²) in [6.45, 7) is 5.95.